The zero-order valence-corrected chi connectivity index (χ0v) is 12.3. The van der Waals surface area contributed by atoms with Gasteiger partial charge in [-0.1, -0.05) is 6.07 Å². The lowest BCUT2D eigenvalue weighted by atomic mass is 9.78. The Balaban J connectivity index is 3.33. The minimum Gasteiger partial charge on any atom is -0.478 e. The van der Waals surface area contributed by atoms with Crippen molar-refractivity contribution in [1.82, 2.24) is 0 Å². The second-order valence-corrected chi connectivity index (χ2v) is 4.18. The van der Waals surface area contributed by atoms with Crippen LogP contribution in [0.3, 0.4) is 0 Å². The molecule has 1 aromatic carbocycles. The fourth-order valence-electron chi connectivity index (χ4n) is 1.60. The standard InChI is InChI=1S/C13H14BNO8/c1-22-11(16)6-10(13(19)23-2)15-9-5-7(12(17)18)3-4-8(9)14(20)21/h3-6,15,20-21H,1-2H3,(H,17,18)/b10-6+. The minimum atomic E-state index is -1.93. The van der Waals surface area contributed by atoms with Crippen LogP contribution < -0.4 is 10.8 Å². The van der Waals surface area contributed by atoms with E-state index in [-0.39, 0.29) is 22.4 Å². The predicted octanol–water partition coefficient (Wildman–Crippen LogP) is -1.29. The van der Waals surface area contributed by atoms with Gasteiger partial charge in [-0.25, -0.2) is 14.4 Å². The lowest BCUT2D eigenvalue weighted by Gasteiger charge is -2.14. The van der Waals surface area contributed by atoms with Gasteiger partial charge < -0.3 is 29.9 Å². The van der Waals surface area contributed by atoms with Crippen LogP contribution in [0.1, 0.15) is 10.4 Å². The number of methoxy groups -OCH3 is 2. The maximum absolute atomic E-state index is 11.7. The van der Waals surface area contributed by atoms with Gasteiger partial charge in [0.2, 0.25) is 0 Å². The van der Waals surface area contributed by atoms with Crippen LogP contribution in [0.15, 0.2) is 30.0 Å². The average molecular weight is 323 g/mol. The van der Waals surface area contributed by atoms with E-state index < -0.39 is 25.0 Å². The van der Waals surface area contributed by atoms with Gasteiger partial charge in [0.1, 0.15) is 5.70 Å². The van der Waals surface area contributed by atoms with Crippen LogP contribution in [0.5, 0.6) is 0 Å². The van der Waals surface area contributed by atoms with E-state index in [0.717, 1.165) is 38.5 Å². The van der Waals surface area contributed by atoms with Crippen LogP contribution in [0.25, 0.3) is 0 Å². The molecule has 0 saturated carbocycles. The number of hydrogen-bond donors (Lipinski definition) is 4. The molecule has 0 saturated heterocycles. The monoisotopic (exact) mass is 323 g/mol. The van der Waals surface area contributed by atoms with Crippen molar-refractivity contribution in [1.29, 1.82) is 0 Å². The van der Waals surface area contributed by atoms with Gasteiger partial charge in [0, 0.05) is 11.2 Å². The van der Waals surface area contributed by atoms with Crippen LogP contribution in [0, 0.1) is 0 Å². The van der Waals surface area contributed by atoms with E-state index in [0.29, 0.717) is 0 Å². The number of carbonyl (C=O) groups excluding carboxylic acids is 2. The molecule has 0 bridgehead atoms. The topological polar surface area (TPSA) is 142 Å². The molecule has 9 nitrogen and oxygen atoms in total. The summed E-state index contributed by atoms with van der Waals surface area (Å²) in [5.74, 6) is -3.06. The summed E-state index contributed by atoms with van der Waals surface area (Å²) in [5.41, 5.74) is -0.738. The summed E-state index contributed by atoms with van der Waals surface area (Å²) in [4.78, 5) is 34.0. The maximum Gasteiger partial charge on any atom is 0.490 e. The maximum atomic E-state index is 11.7. The smallest absolute Gasteiger partial charge is 0.478 e. The second-order valence-electron chi connectivity index (χ2n) is 4.18. The Morgan fingerprint density at radius 3 is 2.30 bits per heavy atom. The Bertz CT molecular complexity index is 655. The van der Waals surface area contributed by atoms with Gasteiger partial charge in [0.25, 0.3) is 0 Å². The zero-order chi connectivity index (χ0) is 17.6. The van der Waals surface area contributed by atoms with Gasteiger partial charge in [-0.05, 0) is 12.1 Å². The van der Waals surface area contributed by atoms with Crippen molar-refractivity contribution in [2.75, 3.05) is 19.5 Å². The summed E-state index contributed by atoms with van der Waals surface area (Å²) < 4.78 is 8.89. The third-order valence-corrected chi connectivity index (χ3v) is 2.72. The van der Waals surface area contributed by atoms with Gasteiger partial charge >= 0.3 is 25.0 Å². The third-order valence-electron chi connectivity index (χ3n) is 2.72. The Kier molecular flexibility index (Phi) is 6.30. The van der Waals surface area contributed by atoms with Gasteiger partial charge in [0.15, 0.2) is 0 Å². The number of carboxylic acid groups (broad SMARTS) is 1. The van der Waals surface area contributed by atoms with E-state index in [1.165, 1.54) is 0 Å². The number of hydrogen-bond acceptors (Lipinski definition) is 8. The van der Waals surface area contributed by atoms with Crippen molar-refractivity contribution in [3.05, 3.63) is 35.5 Å². The second kappa shape index (κ2) is 7.96. The summed E-state index contributed by atoms with van der Waals surface area (Å²) in [6.07, 6.45) is 0.785. The molecule has 23 heavy (non-hydrogen) atoms. The lowest BCUT2D eigenvalue weighted by Crippen LogP contribution is -2.33. The molecule has 1 aromatic rings. The summed E-state index contributed by atoms with van der Waals surface area (Å²) in [7, 11) is 0.240. The van der Waals surface area contributed by atoms with Crippen LogP contribution >= 0.6 is 0 Å². The molecule has 0 aliphatic heterocycles. The Morgan fingerprint density at radius 1 is 1.17 bits per heavy atom. The minimum absolute atomic E-state index is 0.0968. The Morgan fingerprint density at radius 2 is 1.83 bits per heavy atom. The van der Waals surface area contributed by atoms with Crippen LogP contribution in [0.2, 0.25) is 0 Å². The average Bonchev–Trinajstić information content (AvgIpc) is 2.52. The van der Waals surface area contributed by atoms with Crippen LogP contribution in [-0.2, 0) is 19.1 Å². The summed E-state index contributed by atoms with van der Waals surface area (Å²) in [6.45, 7) is 0. The van der Waals surface area contributed by atoms with Crippen molar-refractivity contribution < 1.29 is 39.0 Å². The molecule has 10 heteroatoms. The van der Waals surface area contributed by atoms with Crippen molar-refractivity contribution >= 4 is 36.2 Å². The number of benzene rings is 1. The van der Waals surface area contributed by atoms with Crippen molar-refractivity contribution in [2.45, 2.75) is 0 Å². The number of aromatic carboxylic acids is 1. The predicted molar refractivity (Wildman–Crippen MR) is 79.0 cm³/mol. The first kappa shape index (κ1) is 18.2. The number of carboxylic acids is 1. The SMILES string of the molecule is COC(=O)/C=C(/Nc1cc(C(=O)O)ccc1B(O)O)C(=O)OC. The van der Waals surface area contributed by atoms with Crippen molar-refractivity contribution in [2.24, 2.45) is 0 Å². The van der Waals surface area contributed by atoms with Crippen LogP contribution in [0.4, 0.5) is 5.69 Å². The number of carbonyl (C=O) groups is 3. The van der Waals surface area contributed by atoms with E-state index in [1.54, 1.807) is 0 Å². The van der Waals surface area contributed by atoms with E-state index >= 15 is 0 Å². The van der Waals surface area contributed by atoms with Gasteiger partial charge in [-0.3, -0.25) is 0 Å². The van der Waals surface area contributed by atoms with E-state index in [1.807, 2.05) is 0 Å². The fourth-order valence-corrected chi connectivity index (χ4v) is 1.60. The van der Waals surface area contributed by atoms with Gasteiger partial charge in [0.05, 0.1) is 25.9 Å². The number of ether oxygens (including phenoxy) is 2. The molecule has 4 N–H and O–H groups in total. The number of anilines is 1. The molecule has 0 spiro atoms. The molecule has 0 unspecified atom stereocenters. The molecule has 0 atom stereocenters. The highest BCUT2D eigenvalue weighted by Gasteiger charge is 2.21. The lowest BCUT2D eigenvalue weighted by molar-refractivity contribution is -0.138. The highest BCUT2D eigenvalue weighted by Crippen LogP contribution is 2.13. The molecule has 1 rings (SSSR count). The molecule has 0 amide bonds. The van der Waals surface area contributed by atoms with Gasteiger partial charge in [-0.15, -0.1) is 0 Å². The summed E-state index contributed by atoms with van der Waals surface area (Å²) in [6, 6.07) is 3.39. The zero-order valence-electron chi connectivity index (χ0n) is 12.3. The van der Waals surface area contributed by atoms with E-state index in [9.17, 15) is 24.4 Å². The largest absolute Gasteiger partial charge is 0.490 e. The molecular formula is C13H14BNO8. The molecule has 0 aromatic heterocycles. The normalized spacial score (nSPS) is 10.7. The van der Waals surface area contributed by atoms with E-state index in [4.69, 9.17) is 5.11 Å². The number of nitrogens with one attached hydrogen (secondary N) is 1. The van der Waals surface area contributed by atoms with Gasteiger partial charge in [-0.2, -0.15) is 0 Å². The molecular weight excluding hydrogens is 309 g/mol. The summed E-state index contributed by atoms with van der Waals surface area (Å²) in [5, 5.41) is 30.0. The fraction of sp³-hybridized carbons (Fsp3) is 0.154. The highest BCUT2D eigenvalue weighted by atomic mass is 16.5. The molecule has 0 radical (unpaired) electrons. The summed E-state index contributed by atoms with van der Waals surface area (Å²) >= 11 is 0. The number of rotatable bonds is 6. The first-order valence-corrected chi connectivity index (χ1v) is 6.18. The molecule has 0 aliphatic carbocycles. The molecule has 122 valence electrons. The number of esters is 2. The first-order chi connectivity index (χ1) is 10.8. The third kappa shape index (κ3) is 4.83. The van der Waals surface area contributed by atoms with Crippen molar-refractivity contribution in [3.63, 3.8) is 0 Å². The molecule has 0 aliphatic rings. The van der Waals surface area contributed by atoms with Crippen molar-refractivity contribution in [3.8, 4) is 0 Å². The highest BCUT2D eigenvalue weighted by molar-refractivity contribution is 6.60. The quantitative estimate of drug-likeness (QED) is 0.285. The van der Waals surface area contributed by atoms with E-state index in [2.05, 4.69) is 14.8 Å². The Hall–Kier alpha value is -2.85. The first-order valence-electron chi connectivity index (χ1n) is 6.18. The van der Waals surface area contributed by atoms with Crippen LogP contribution in [-0.4, -0.2) is 54.4 Å². The molecule has 0 heterocycles. The Labute approximate surface area is 131 Å². The molecule has 0 fully saturated rings.